The molecule has 144 valence electrons. The lowest BCUT2D eigenvalue weighted by atomic mass is 10.1. The molecule has 2 amide bonds. The van der Waals surface area contributed by atoms with Crippen LogP contribution in [0.5, 0.6) is 11.5 Å². The normalized spacial score (nSPS) is 11.4. The molecule has 1 atom stereocenters. The number of ether oxygens (including phenoxy) is 2. The third kappa shape index (κ3) is 6.13. The van der Waals surface area contributed by atoms with Crippen LogP contribution in [0.4, 0.5) is 0 Å². The molecule has 0 unspecified atom stereocenters. The summed E-state index contributed by atoms with van der Waals surface area (Å²) in [4.78, 5) is 26.4. The van der Waals surface area contributed by atoms with E-state index in [1.807, 2.05) is 48.5 Å². The van der Waals surface area contributed by atoms with E-state index >= 15 is 0 Å². The van der Waals surface area contributed by atoms with Crippen molar-refractivity contribution in [3.63, 3.8) is 0 Å². The Kier molecular flexibility index (Phi) is 7.90. The number of hydrogen-bond donors (Lipinski definition) is 1. The van der Waals surface area contributed by atoms with Gasteiger partial charge in [-0.3, -0.25) is 9.59 Å². The summed E-state index contributed by atoms with van der Waals surface area (Å²) >= 11 is 2.20. The molecule has 6 nitrogen and oxygen atoms in total. The van der Waals surface area contributed by atoms with Gasteiger partial charge in [-0.2, -0.15) is 0 Å². The van der Waals surface area contributed by atoms with Gasteiger partial charge in [0.05, 0.1) is 7.11 Å². The Hall–Kier alpha value is -2.29. The minimum Gasteiger partial charge on any atom is -0.497 e. The molecule has 0 aliphatic heterocycles. The van der Waals surface area contributed by atoms with Crippen molar-refractivity contribution < 1.29 is 19.1 Å². The van der Waals surface area contributed by atoms with Gasteiger partial charge in [0.15, 0.2) is 6.61 Å². The first kappa shape index (κ1) is 21.0. The number of likely N-dealkylation sites (N-methyl/N-ethyl adjacent to an activating group) is 1. The van der Waals surface area contributed by atoms with Gasteiger partial charge in [-0.15, -0.1) is 0 Å². The van der Waals surface area contributed by atoms with Crippen LogP contribution in [-0.2, 0) is 16.1 Å². The molecular formula is C20H23IN2O4. The Morgan fingerprint density at radius 1 is 1.15 bits per heavy atom. The molecule has 2 aromatic rings. The number of hydrogen-bond acceptors (Lipinski definition) is 4. The molecule has 0 saturated heterocycles. The summed E-state index contributed by atoms with van der Waals surface area (Å²) in [5.74, 6) is 0.799. The summed E-state index contributed by atoms with van der Waals surface area (Å²) < 4.78 is 11.9. The number of halogens is 1. The van der Waals surface area contributed by atoms with E-state index in [-0.39, 0.29) is 25.0 Å². The highest BCUT2D eigenvalue weighted by molar-refractivity contribution is 14.1. The second-order valence-electron chi connectivity index (χ2n) is 5.91. The average molecular weight is 482 g/mol. The predicted molar refractivity (Wildman–Crippen MR) is 112 cm³/mol. The average Bonchev–Trinajstić information content (AvgIpc) is 2.70. The van der Waals surface area contributed by atoms with Gasteiger partial charge >= 0.3 is 0 Å². The van der Waals surface area contributed by atoms with Gasteiger partial charge in [-0.25, -0.2) is 0 Å². The maximum Gasteiger partial charge on any atom is 0.261 e. The van der Waals surface area contributed by atoms with Gasteiger partial charge < -0.3 is 19.7 Å². The molecule has 2 rings (SSSR count). The topological polar surface area (TPSA) is 67.9 Å². The number of nitrogens with zero attached hydrogens (tertiary/aromatic N) is 1. The first-order chi connectivity index (χ1) is 12.9. The third-order valence-corrected chi connectivity index (χ3v) is 4.80. The molecule has 0 aliphatic carbocycles. The van der Waals surface area contributed by atoms with E-state index in [1.165, 1.54) is 4.90 Å². The second kappa shape index (κ2) is 10.1. The summed E-state index contributed by atoms with van der Waals surface area (Å²) in [5, 5.41) is 2.59. The monoisotopic (exact) mass is 482 g/mol. The van der Waals surface area contributed by atoms with Crippen LogP contribution in [0.2, 0.25) is 0 Å². The molecule has 27 heavy (non-hydrogen) atoms. The molecule has 0 fully saturated rings. The van der Waals surface area contributed by atoms with Gasteiger partial charge in [-0.05, 0) is 71.5 Å². The molecule has 7 heteroatoms. The molecular weight excluding hydrogens is 459 g/mol. The Morgan fingerprint density at radius 2 is 1.85 bits per heavy atom. The lowest BCUT2D eigenvalue weighted by molar-refractivity contribution is -0.142. The van der Waals surface area contributed by atoms with Gasteiger partial charge in [0, 0.05) is 17.2 Å². The van der Waals surface area contributed by atoms with Crippen molar-refractivity contribution >= 4 is 34.4 Å². The maximum atomic E-state index is 12.8. The Balaban J connectivity index is 2.13. The van der Waals surface area contributed by atoms with Crippen molar-refractivity contribution in [1.29, 1.82) is 0 Å². The van der Waals surface area contributed by atoms with E-state index < -0.39 is 6.04 Å². The first-order valence-electron chi connectivity index (χ1n) is 8.47. The van der Waals surface area contributed by atoms with Crippen LogP contribution >= 0.6 is 22.6 Å². The molecule has 0 spiro atoms. The summed E-state index contributed by atoms with van der Waals surface area (Å²) in [6.45, 7) is 1.83. The smallest absolute Gasteiger partial charge is 0.261 e. The number of amides is 2. The summed E-state index contributed by atoms with van der Waals surface area (Å²) in [7, 11) is 3.14. The maximum absolute atomic E-state index is 12.8. The van der Waals surface area contributed by atoms with Crippen LogP contribution in [0.25, 0.3) is 0 Å². The SMILES string of the molecule is CNC(=O)[C@H](C)N(Cc1cccc(OC)c1)C(=O)COc1ccc(I)cc1. The minimum absolute atomic E-state index is 0.147. The van der Waals surface area contributed by atoms with E-state index in [0.717, 1.165) is 9.13 Å². The van der Waals surface area contributed by atoms with E-state index in [2.05, 4.69) is 27.9 Å². The van der Waals surface area contributed by atoms with E-state index in [1.54, 1.807) is 21.1 Å². The van der Waals surface area contributed by atoms with Crippen molar-refractivity contribution in [2.45, 2.75) is 19.5 Å². The quantitative estimate of drug-likeness (QED) is 0.588. The minimum atomic E-state index is -0.631. The van der Waals surface area contributed by atoms with Crippen LogP contribution in [0.3, 0.4) is 0 Å². The van der Waals surface area contributed by atoms with E-state index in [9.17, 15) is 9.59 Å². The molecule has 0 saturated carbocycles. The van der Waals surface area contributed by atoms with Crippen LogP contribution in [0.1, 0.15) is 12.5 Å². The molecule has 2 aromatic carbocycles. The lowest BCUT2D eigenvalue weighted by Gasteiger charge is -2.28. The number of rotatable bonds is 8. The molecule has 0 aliphatic rings. The number of methoxy groups -OCH3 is 1. The fraction of sp³-hybridized carbons (Fsp3) is 0.300. The van der Waals surface area contributed by atoms with Crippen molar-refractivity contribution in [1.82, 2.24) is 10.2 Å². The molecule has 0 radical (unpaired) electrons. The van der Waals surface area contributed by atoms with Crippen LogP contribution in [-0.4, -0.2) is 43.5 Å². The van der Waals surface area contributed by atoms with Gasteiger partial charge in [0.1, 0.15) is 17.5 Å². The number of benzene rings is 2. The highest BCUT2D eigenvalue weighted by atomic mass is 127. The number of carbonyl (C=O) groups is 2. The van der Waals surface area contributed by atoms with Gasteiger partial charge in [-0.1, -0.05) is 12.1 Å². The van der Waals surface area contributed by atoms with Gasteiger partial charge in [0.2, 0.25) is 5.91 Å². The van der Waals surface area contributed by atoms with Crippen molar-refractivity contribution in [3.05, 3.63) is 57.7 Å². The Bertz CT molecular complexity index is 780. The van der Waals surface area contributed by atoms with Crippen LogP contribution in [0, 0.1) is 3.57 Å². The molecule has 0 aromatic heterocycles. The first-order valence-corrected chi connectivity index (χ1v) is 9.55. The van der Waals surface area contributed by atoms with E-state index in [4.69, 9.17) is 9.47 Å². The molecule has 1 N–H and O–H groups in total. The van der Waals surface area contributed by atoms with Gasteiger partial charge in [0.25, 0.3) is 5.91 Å². The fourth-order valence-corrected chi connectivity index (χ4v) is 2.88. The summed E-state index contributed by atoms with van der Waals surface area (Å²) in [5.41, 5.74) is 0.868. The fourth-order valence-electron chi connectivity index (χ4n) is 2.52. The number of carbonyl (C=O) groups excluding carboxylic acids is 2. The third-order valence-electron chi connectivity index (χ3n) is 4.08. The molecule has 0 heterocycles. The largest absolute Gasteiger partial charge is 0.497 e. The Morgan fingerprint density at radius 3 is 2.48 bits per heavy atom. The van der Waals surface area contributed by atoms with Crippen LogP contribution < -0.4 is 14.8 Å². The van der Waals surface area contributed by atoms with E-state index in [0.29, 0.717) is 11.5 Å². The zero-order valence-electron chi connectivity index (χ0n) is 15.6. The molecule has 0 bridgehead atoms. The standard InChI is InChI=1S/C20H23IN2O4/c1-14(20(25)22-2)23(12-15-5-4-6-18(11-15)26-3)19(24)13-27-17-9-7-16(21)8-10-17/h4-11,14H,12-13H2,1-3H3,(H,22,25)/t14-/m0/s1. The summed E-state index contributed by atoms with van der Waals surface area (Å²) in [6.07, 6.45) is 0. The highest BCUT2D eigenvalue weighted by Crippen LogP contribution is 2.17. The zero-order valence-corrected chi connectivity index (χ0v) is 17.7. The Labute approximate surface area is 173 Å². The van der Waals surface area contributed by atoms with Crippen LogP contribution in [0.15, 0.2) is 48.5 Å². The van der Waals surface area contributed by atoms with Crippen molar-refractivity contribution in [3.8, 4) is 11.5 Å². The van der Waals surface area contributed by atoms with Crippen molar-refractivity contribution in [2.24, 2.45) is 0 Å². The highest BCUT2D eigenvalue weighted by Gasteiger charge is 2.26. The second-order valence-corrected chi connectivity index (χ2v) is 7.15. The predicted octanol–water partition coefficient (Wildman–Crippen LogP) is 2.84. The lowest BCUT2D eigenvalue weighted by Crippen LogP contribution is -2.48. The summed E-state index contributed by atoms with van der Waals surface area (Å²) in [6, 6.07) is 14.2. The number of nitrogens with one attached hydrogen (secondary N) is 1. The zero-order chi connectivity index (χ0) is 19.8. The van der Waals surface area contributed by atoms with Crippen molar-refractivity contribution in [2.75, 3.05) is 20.8 Å².